The second-order valence-electron chi connectivity index (χ2n) is 3.88. The standard InChI is InChI=1S/C13H21N3O/c1-3-7-15-13(14)16-9-11-5-4-6-12(8-11)10-17-2/h4-6,8H,3,7,9-10H2,1-2H3,(H3,14,15,16). The molecule has 0 aliphatic carbocycles. The highest BCUT2D eigenvalue weighted by Crippen LogP contribution is 2.07. The Labute approximate surface area is 103 Å². The van der Waals surface area contributed by atoms with Crippen LogP contribution in [0.1, 0.15) is 24.5 Å². The Morgan fingerprint density at radius 3 is 2.88 bits per heavy atom. The minimum absolute atomic E-state index is 0.504. The van der Waals surface area contributed by atoms with Crippen molar-refractivity contribution >= 4 is 5.96 Å². The smallest absolute Gasteiger partial charge is 0.188 e. The highest BCUT2D eigenvalue weighted by molar-refractivity contribution is 5.77. The lowest BCUT2D eigenvalue weighted by molar-refractivity contribution is 0.185. The van der Waals surface area contributed by atoms with Crippen molar-refractivity contribution < 1.29 is 4.74 Å². The van der Waals surface area contributed by atoms with Crippen molar-refractivity contribution in [2.45, 2.75) is 26.5 Å². The summed E-state index contributed by atoms with van der Waals surface area (Å²) in [6, 6.07) is 8.17. The number of nitrogens with zero attached hydrogens (tertiary/aromatic N) is 1. The van der Waals surface area contributed by atoms with Crippen LogP contribution in [-0.4, -0.2) is 19.6 Å². The summed E-state index contributed by atoms with van der Waals surface area (Å²) in [5, 5.41) is 3.05. The predicted molar refractivity (Wildman–Crippen MR) is 70.8 cm³/mol. The number of hydrogen-bond donors (Lipinski definition) is 2. The molecule has 1 aromatic carbocycles. The van der Waals surface area contributed by atoms with Crippen LogP contribution < -0.4 is 11.1 Å². The van der Waals surface area contributed by atoms with Crippen LogP contribution in [0.2, 0.25) is 0 Å². The van der Waals surface area contributed by atoms with Crippen LogP contribution in [0.5, 0.6) is 0 Å². The first kappa shape index (κ1) is 13.5. The van der Waals surface area contributed by atoms with E-state index in [9.17, 15) is 0 Å². The van der Waals surface area contributed by atoms with Gasteiger partial charge in [0.25, 0.3) is 0 Å². The summed E-state index contributed by atoms with van der Waals surface area (Å²) in [6.07, 6.45) is 1.04. The average Bonchev–Trinajstić information content (AvgIpc) is 2.35. The van der Waals surface area contributed by atoms with Crippen LogP contribution in [0.15, 0.2) is 29.3 Å². The monoisotopic (exact) mass is 235 g/mol. The number of aliphatic imine (C=N–C) groups is 1. The van der Waals surface area contributed by atoms with Crippen molar-refractivity contribution in [3.8, 4) is 0 Å². The maximum atomic E-state index is 5.72. The molecule has 0 aliphatic rings. The molecule has 94 valence electrons. The van der Waals surface area contributed by atoms with E-state index in [2.05, 4.69) is 23.3 Å². The summed E-state index contributed by atoms with van der Waals surface area (Å²) in [5.41, 5.74) is 8.01. The highest BCUT2D eigenvalue weighted by atomic mass is 16.5. The molecule has 3 N–H and O–H groups in total. The third-order valence-corrected chi connectivity index (χ3v) is 2.29. The van der Waals surface area contributed by atoms with E-state index in [0.29, 0.717) is 19.1 Å². The molecule has 0 aromatic heterocycles. The SMILES string of the molecule is CCCNC(N)=NCc1cccc(COC)c1. The Kier molecular flexibility index (Phi) is 6.10. The lowest BCUT2D eigenvalue weighted by Gasteiger charge is -2.05. The number of methoxy groups -OCH3 is 1. The van der Waals surface area contributed by atoms with E-state index in [1.807, 2.05) is 18.2 Å². The summed E-state index contributed by atoms with van der Waals surface area (Å²) >= 11 is 0. The second-order valence-corrected chi connectivity index (χ2v) is 3.88. The van der Waals surface area contributed by atoms with E-state index < -0.39 is 0 Å². The first-order valence-electron chi connectivity index (χ1n) is 5.86. The van der Waals surface area contributed by atoms with Crippen LogP contribution >= 0.6 is 0 Å². The van der Waals surface area contributed by atoms with Gasteiger partial charge in [0.05, 0.1) is 13.2 Å². The molecule has 0 heterocycles. The Hall–Kier alpha value is -1.55. The second kappa shape index (κ2) is 7.68. The van der Waals surface area contributed by atoms with E-state index in [-0.39, 0.29) is 0 Å². The van der Waals surface area contributed by atoms with Gasteiger partial charge in [-0.25, -0.2) is 4.99 Å². The van der Waals surface area contributed by atoms with E-state index in [1.165, 1.54) is 0 Å². The summed E-state index contributed by atoms with van der Waals surface area (Å²) in [6.45, 7) is 4.18. The number of hydrogen-bond acceptors (Lipinski definition) is 2. The molecular weight excluding hydrogens is 214 g/mol. The van der Waals surface area contributed by atoms with E-state index >= 15 is 0 Å². The van der Waals surface area contributed by atoms with Gasteiger partial charge in [0, 0.05) is 13.7 Å². The van der Waals surface area contributed by atoms with Crippen molar-refractivity contribution in [2.75, 3.05) is 13.7 Å². The molecule has 0 fully saturated rings. The molecule has 0 saturated heterocycles. The molecule has 1 aromatic rings. The highest BCUT2D eigenvalue weighted by Gasteiger charge is 1.96. The van der Waals surface area contributed by atoms with Crippen molar-refractivity contribution in [2.24, 2.45) is 10.7 Å². The largest absolute Gasteiger partial charge is 0.380 e. The number of rotatable bonds is 6. The minimum Gasteiger partial charge on any atom is -0.380 e. The molecular formula is C13H21N3O. The third-order valence-electron chi connectivity index (χ3n) is 2.29. The van der Waals surface area contributed by atoms with Gasteiger partial charge in [-0.15, -0.1) is 0 Å². The van der Waals surface area contributed by atoms with Gasteiger partial charge in [-0.1, -0.05) is 31.2 Å². The number of guanidine groups is 1. The van der Waals surface area contributed by atoms with Gasteiger partial charge in [0.15, 0.2) is 5.96 Å². The van der Waals surface area contributed by atoms with Crippen molar-refractivity contribution in [1.82, 2.24) is 5.32 Å². The molecule has 0 saturated carbocycles. The van der Waals surface area contributed by atoms with Gasteiger partial charge in [-0.3, -0.25) is 0 Å². The zero-order chi connectivity index (χ0) is 12.5. The van der Waals surface area contributed by atoms with Gasteiger partial charge >= 0.3 is 0 Å². The Morgan fingerprint density at radius 1 is 1.41 bits per heavy atom. The van der Waals surface area contributed by atoms with E-state index in [4.69, 9.17) is 10.5 Å². The fourth-order valence-electron chi connectivity index (χ4n) is 1.47. The maximum Gasteiger partial charge on any atom is 0.188 e. The fourth-order valence-corrected chi connectivity index (χ4v) is 1.47. The molecule has 0 spiro atoms. The van der Waals surface area contributed by atoms with Gasteiger partial charge < -0.3 is 15.8 Å². The molecule has 0 bridgehead atoms. The predicted octanol–water partition coefficient (Wildman–Crippen LogP) is 1.65. The molecule has 0 unspecified atom stereocenters. The van der Waals surface area contributed by atoms with Crippen LogP contribution in [0.3, 0.4) is 0 Å². The molecule has 0 aliphatic heterocycles. The average molecular weight is 235 g/mol. The Bertz CT molecular complexity index is 363. The normalized spacial score (nSPS) is 11.5. The molecule has 1 rings (SSSR count). The van der Waals surface area contributed by atoms with Crippen LogP contribution in [0.25, 0.3) is 0 Å². The van der Waals surface area contributed by atoms with Gasteiger partial charge in [-0.05, 0) is 17.5 Å². The summed E-state index contributed by atoms with van der Waals surface area (Å²) in [4.78, 5) is 4.28. The number of benzene rings is 1. The van der Waals surface area contributed by atoms with Crippen LogP contribution in [0.4, 0.5) is 0 Å². The Balaban J connectivity index is 2.53. The number of ether oxygens (including phenoxy) is 1. The Morgan fingerprint density at radius 2 is 2.18 bits per heavy atom. The quantitative estimate of drug-likeness (QED) is 0.582. The summed E-state index contributed by atoms with van der Waals surface area (Å²) in [5.74, 6) is 0.504. The maximum absolute atomic E-state index is 5.72. The van der Waals surface area contributed by atoms with Gasteiger partial charge in [0.2, 0.25) is 0 Å². The fraction of sp³-hybridized carbons (Fsp3) is 0.462. The van der Waals surface area contributed by atoms with Crippen molar-refractivity contribution in [3.05, 3.63) is 35.4 Å². The zero-order valence-corrected chi connectivity index (χ0v) is 10.6. The molecule has 0 radical (unpaired) electrons. The third kappa shape index (κ3) is 5.36. The van der Waals surface area contributed by atoms with Crippen LogP contribution in [-0.2, 0) is 17.9 Å². The van der Waals surface area contributed by atoms with Crippen molar-refractivity contribution in [3.63, 3.8) is 0 Å². The summed E-state index contributed by atoms with van der Waals surface area (Å²) < 4.78 is 5.09. The molecule has 4 nitrogen and oxygen atoms in total. The topological polar surface area (TPSA) is 59.6 Å². The molecule has 4 heteroatoms. The van der Waals surface area contributed by atoms with E-state index in [1.54, 1.807) is 7.11 Å². The van der Waals surface area contributed by atoms with Gasteiger partial charge in [0.1, 0.15) is 0 Å². The first-order valence-corrected chi connectivity index (χ1v) is 5.86. The van der Waals surface area contributed by atoms with Gasteiger partial charge in [-0.2, -0.15) is 0 Å². The minimum atomic E-state index is 0.504. The number of nitrogens with two attached hydrogens (primary N) is 1. The lowest BCUT2D eigenvalue weighted by atomic mass is 10.1. The molecule has 0 amide bonds. The lowest BCUT2D eigenvalue weighted by Crippen LogP contribution is -2.32. The molecule has 17 heavy (non-hydrogen) atoms. The first-order chi connectivity index (χ1) is 8.26. The molecule has 0 atom stereocenters. The number of nitrogens with one attached hydrogen (secondary N) is 1. The van der Waals surface area contributed by atoms with Crippen molar-refractivity contribution in [1.29, 1.82) is 0 Å². The van der Waals surface area contributed by atoms with Crippen LogP contribution in [0, 0.1) is 0 Å². The summed E-state index contributed by atoms with van der Waals surface area (Å²) in [7, 11) is 1.69. The van der Waals surface area contributed by atoms with E-state index in [0.717, 1.165) is 24.1 Å². The zero-order valence-electron chi connectivity index (χ0n) is 10.6.